The van der Waals surface area contributed by atoms with Crippen molar-refractivity contribution >= 4 is 21.8 Å². The molecule has 160 valence electrons. The number of aryl methyl sites for hydroxylation is 1. The third kappa shape index (κ3) is 5.06. The van der Waals surface area contributed by atoms with Gasteiger partial charge in [0.2, 0.25) is 15.9 Å². The summed E-state index contributed by atoms with van der Waals surface area (Å²) in [4.78, 5) is 24.4. The van der Waals surface area contributed by atoms with Gasteiger partial charge in [0.25, 0.3) is 5.91 Å². The van der Waals surface area contributed by atoms with E-state index in [2.05, 4.69) is 10.6 Å². The Hall–Kier alpha value is -2.71. The molecule has 1 fully saturated rings. The van der Waals surface area contributed by atoms with Crippen LogP contribution < -0.4 is 10.6 Å². The van der Waals surface area contributed by atoms with Gasteiger partial charge < -0.3 is 10.6 Å². The van der Waals surface area contributed by atoms with Gasteiger partial charge in [0.1, 0.15) is 0 Å². The number of nitrogens with zero attached hydrogens (tertiary/aromatic N) is 1. The summed E-state index contributed by atoms with van der Waals surface area (Å²) < 4.78 is 27.0. The number of rotatable bonds is 6. The summed E-state index contributed by atoms with van der Waals surface area (Å²) in [5, 5.41) is 5.48. The maximum absolute atomic E-state index is 12.8. The monoisotopic (exact) mass is 429 g/mol. The topological polar surface area (TPSA) is 95.6 Å². The van der Waals surface area contributed by atoms with Crippen molar-refractivity contribution in [2.75, 3.05) is 20.1 Å². The molecule has 2 amide bonds. The lowest BCUT2D eigenvalue weighted by Crippen LogP contribution is -2.42. The van der Waals surface area contributed by atoms with Crippen LogP contribution in [-0.4, -0.2) is 44.7 Å². The van der Waals surface area contributed by atoms with Gasteiger partial charge in [-0.3, -0.25) is 9.59 Å². The third-order valence-corrected chi connectivity index (χ3v) is 7.31. The second-order valence-electron chi connectivity index (χ2n) is 7.49. The molecule has 2 N–H and O–H groups in total. The first kappa shape index (κ1) is 22.0. The number of hydrogen-bond acceptors (Lipinski definition) is 4. The van der Waals surface area contributed by atoms with E-state index in [0.29, 0.717) is 38.0 Å². The minimum Gasteiger partial charge on any atom is -0.355 e. The molecule has 0 aliphatic carbocycles. The highest BCUT2D eigenvalue weighted by molar-refractivity contribution is 7.89. The predicted octanol–water partition coefficient (Wildman–Crippen LogP) is 2.07. The molecule has 1 aliphatic rings. The lowest BCUT2D eigenvalue weighted by molar-refractivity contribution is -0.126. The van der Waals surface area contributed by atoms with Gasteiger partial charge >= 0.3 is 0 Å². The largest absolute Gasteiger partial charge is 0.355 e. The predicted molar refractivity (Wildman–Crippen MR) is 114 cm³/mol. The Bertz CT molecular complexity index is 994. The molecule has 0 atom stereocenters. The highest BCUT2D eigenvalue weighted by Gasteiger charge is 2.31. The van der Waals surface area contributed by atoms with E-state index in [1.807, 2.05) is 19.1 Å². The molecule has 1 saturated heterocycles. The maximum atomic E-state index is 12.8. The Morgan fingerprint density at radius 3 is 2.17 bits per heavy atom. The quantitative estimate of drug-likeness (QED) is 0.735. The molecule has 2 aromatic carbocycles. The van der Waals surface area contributed by atoms with E-state index in [4.69, 9.17) is 0 Å². The Morgan fingerprint density at radius 1 is 1.00 bits per heavy atom. The summed E-state index contributed by atoms with van der Waals surface area (Å²) >= 11 is 0. The molecular weight excluding hydrogens is 402 g/mol. The van der Waals surface area contributed by atoms with Crippen molar-refractivity contribution in [3.63, 3.8) is 0 Å². The number of nitrogens with one attached hydrogen (secondary N) is 2. The SMILES string of the molecule is CNC(=O)c1ccc(CNC(=O)C2CCN(S(=O)(=O)c3ccc(C)cc3)CC2)cc1. The molecule has 7 nitrogen and oxygen atoms in total. The van der Waals surface area contributed by atoms with Crippen molar-refractivity contribution in [2.45, 2.75) is 31.2 Å². The number of hydrogen-bond donors (Lipinski definition) is 2. The van der Waals surface area contributed by atoms with Crippen molar-refractivity contribution in [1.82, 2.24) is 14.9 Å². The molecule has 8 heteroatoms. The first-order valence-corrected chi connectivity index (χ1v) is 11.4. The van der Waals surface area contributed by atoms with Crippen LogP contribution in [0.1, 0.15) is 34.3 Å². The lowest BCUT2D eigenvalue weighted by atomic mass is 9.97. The summed E-state index contributed by atoms with van der Waals surface area (Å²) in [5.41, 5.74) is 2.47. The first-order valence-electron chi connectivity index (χ1n) is 9.97. The van der Waals surface area contributed by atoms with E-state index in [9.17, 15) is 18.0 Å². The standard InChI is InChI=1S/C22H27N3O4S/c1-16-3-9-20(10-4-16)30(28,29)25-13-11-19(12-14-25)22(27)24-15-17-5-7-18(8-6-17)21(26)23-2/h3-10,19H,11-15H2,1-2H3,(H,23,26)(H,24,27). The van der Waals surface area contributed by atoms with Crippen LogP contribution in [0.15, 0.2) is 53.4 Å². The first-order chi connectivity index (χ1) is 14.3. The highest BCUT2D eigenvalue weighted by atomic mass is 32.2. The Kier molecular flexibility index (Phi) is 6.89. The number of carbonyl (C=O) groups excluding carboxylic acids is 2. The molecule has 1 heterocycles. The van der Waals surface area contributed by atoms with Crippen LogP contribution in [-0.2, 0) is 21.4 Å². The summed E-state index contributed by atoms with van der Waals surface area (Å²) in [6.07, 6.45) is 0.985. The minimum atomic E-state index is -3.53. The molecule has 2 aromatic rings. The number of benzene rings is 2. The second kappa shape index (κ2) is 9.40. The van der Waals surface area contributed by atoms with Crippen LogP contribution in [0.4, 0.5) is 0 Å². The van der Waals surface area contributed by atoms with Crippen molar-refractivity contribution in [3.05, 3.63) is 65.2 Å². The molecule has 1 aliphatic heterocycles. The zero-order valence-electron chi connectivity index (χ0n) is 17.2. The van der Waals surface area contributed by atoms with Crippen molar-refractivity contribution in [3.8, 4) is 0 Å². The van der Waals surface area contributed by atoms with E-state index < -0.39 is 10.0 Å². The van der Waals surface area contributed by atoms with Gasteiger partial charge in [-0.1, -0.05) is 29.8 Å². The summed E-state index contributed by atoms with van der Waals surface area (Å²) in [5.74, 6) is -0.435. The molecule has 0 bridgehead atoms. The van der Waals surface area contributed by atoms with Gasteiger partial charge in [-0.05, 0) is 49.6 Å². The number of sulfonamides is 1. The third-order valence-electron chi connectivity index (χ3n) is 5.39. The van der Waals surface area contributed by atoms with Crippen molar-refractivity contribution in [1.29, 1.82) is 0 Å². The van der Waals surface area contributed by atoms with Gasteiger partial charge in [0, 0.05) is 38.2 Å². The molecule has 0 unspecified atom stereocenters. The zero-order valence-corrected chi connectivity index (χ0v) is 18.0. The molecule has 0 aromatic heterocycles. The average molecular weight is 430 g/mol. The van der Waals surface area contributed by atoms with E-state index >= 15 is 0 Å². The van der Waals surface area contributed by atoms with Gasteiger partial charge in [0.15, 0.2) is 0 Å². The highest BCUT2D eigenvalue weighted by Crippen LogP contribution is 2.24. The average Bonchev–Trinajstić information content (AvgIpc) is 2.77. The minimum absolute atomic E-state index is 0.0715. The van der Waals surface area contributed by atoms with E-state index in [0.717, 1.165) is 11.1 Å². The zero-order chi connectivity index (χ0) is 21.7. The summed E-state index contributed by atoms with van der Waals surface area (Å²) in [6, 6.07) is 13.9. The van der Waals surface area contributed by atoms with Crippen LogP contribution in [0.5, 0.6) is 0 Å². The normalized spacial score (nSPS) is 15.5. The molecule has 0 saturated carbocycles. The number of amides is 2. The molecule has 30 heavy (non-hydrogen) atoms. The van der Waals surface area contributed by atoms with Gasteiger partial charge in [-0.15, -0.1) is 0 Å². The fraction of sp³-hybridized carbons (Fsp3) is 0.364. The van der Waals surface area contributed by atoms with Gasteiger partial charge in [-0.2, -0.15) is 4.31 Å². The fourth-order valence-electron chi connectivity index (χ4n) is 3.47. The fourth-order valence-corrected chi connectivity index (χ4v) is 4.94. The van der Waals surface area contributed by atoms with Crippen LogP contribution in [0.2, 0.25) is 0 Å². The molecular formula is C22H27N3O4S. The van der Waals surface area contributed by atoms with E-state index in [1.54, 1.807) is 43.4 Å². The van der Waals surface area contributed by atoms with Crippen LogP contribution in [0.3, 0.4) is 0 Å². The Balaban J connectivity index is 1.51. The maximum Gasteiger partial charge on any atom is 0.251 e. The lowest BCUT2D eigenvalue weighted by Gasteiger charge is -2.30. The van der Waals surface area contributed by atoms with E-state index in [1.165, 1.54) is 4.31 Å². The van der Waals surface area contributed by atoms with Gasteiger partial charge in [-0.25, -0.2) is 8.42 Å². The van der Waals surface area contributed by atoms with E-state index in [-0.39, 0.29) is 22.6 Å². The van der Waals surface area contributed by atoms with Crippen molar-refractivity contribution in [2.24, 2.45) is 5.92 Å². The Morgan fingerprint density at radius 2 is 1.60 bits per heavy atom. The Labute approximate surface area is 177 Å². The van der Waals surface area contributed by atoms with Gasteiger partial charge in [0.05, 0.1) is 4.90 Å². The number of piperidine rings is 1. The van der Waals surface area contributed by atoms with Crippen LogP contribution in [0, 0.1) is 12.8 Å². The summed E-state index contributed by atoms with van der Waals surface area (Å²) in [7, 11) is -1.95. The smallest absolute Gasteiger partial charge is 0.251 e. The molecule has 0 spiro atoms. The van der Waals surface area contributed by atoms with Crippen LogP contribution >= 0.6 is 0 Å². The summed E-state index contributed by atoms with van der Waals surface area (Å²) in [6.45, 7) is 2.94. The number of carbonyl (C=O) groups is 2. The second-order valence-corrected chi connectivity index (χ2v) is 9.42. The molecule has 3 rings (SSSR count). The van der Waals surface area contributed by atoms with Crippen LogP contribution in [0.25, 0.3) is 0 Å². The van der Waals surface area contributed by atoms with Crippen molar-refractivity contribution < 1.29 is 18.0 Å². The molecule has 0 radical (unpaired) electrons.